The molecule has 6 heteroatoms. The van der Waals surface area contributed by atoms with Gasteiger partial charge in [0.2, 0.25) is 0 Å². The summed E-state index contributed by atoms with van der Waals surface area (Å²) < 4.78 is 10.9. The maximum atomic E-state index is 8.91. The highest BCUT2D eigenvalue weighted by atomic mass is 35.5. The zero-order chi connectivity index (χ0) is 18.5. The lowest BCUT2D eigenvalue weighted by Gasteiger charge is -2.19. The summed E-state index contributed by atoms with van der Waals surface area (Å²) in [5.41, 5.74) is 2.89. The van der Waals surface area contributed by atoms with Gasteiger partial charge in [-0.2, -0.15) is 0 Å². The lowest BCUT2D eigenvalue weighted by atomic mass is 10.1. The van der Waals surface area contributed by atoms with Crippen LogP contribution in [0.3, 0.4) is 0 Å². The number of anilines is 1. The van der Waals surface area contributed by atoms with Gasteiger partial charge in [-0.3, -0.25) is 4.98 Å². The zero-order valence-corrected chi connectivity index (χ0v) is 15.5. The quantitative estimate of drug-likeness (QED) is 0.641. The minimum Gasteiger partial charge on any atom is -0.493 e. The zero-order valence-electron chi connectivity index (χ0n) is 14.7. The van der Waals surface area contributed by atoms with Crippen LogP contribution in [0.2, 0.25) is 5.02 Å². The van der Waals surface area contributed by atoms with Gasteiger partial charge in [0.1, 0.15) is 6.61 Å². The second-order valence-corrected chi connectivity index (χ2v) is 6.30. The monoisotopic (exact) mass is 372 g/mol. The van der Waals surface area contributed by atoms with E-state index < -0.39 is 0 Å². The van der Waals surface area contributed by atoms with E-state index in [1.807, 2.05) is 42.5 Å². The Morgan fingerprint density at radius 1 is 1.15 bits per heavy atom. The summed E-state index contributed by atoms with van der Waals surface area (Å²) in [6.45, 7) is 2.27. The second kappa shape index (κ2) is 8.25. The minimum atomic E-state index is -0.0397. The van der Waals surface area contributed by atoms with Crippen molar-refractivity contribution < 1.29 is 14.6 Å². The van der Waals surface area contributed by atoms with E-state index in [9.17, 15) is 0 Å². The molecule has 1 aromatic heterocycles. The van der Waals surface area contributed by atoms with E-state index >= 15 is 0 Å². The first-order valence-electron chi connectivity index (χ1n) is 8.34. The molecule has 3 aromatic rings. The van der Waals surface area contributed by atoms with Crippen molar-refractivity contribution >= 4 is 28.2 Å². The molecule has 0 aliphatic carbocycles. The Kier molecular flexibility index (Phi) is 5.81. The molecule has 0 saturated heterocycles. The van der Waals surface area contributed by atoms with E-state index in [-0.39, 0.29) is 19.3 Å². The smallest absolute Gasteiger partial charge is 0.161 e. The van der Waals surface area contributed by atoms with Crippen LogP contribution in [0.1, 0.15) is 18.5 Å². The molecule has 0 bridgehead atoms. The van der Waals surface area contributed by atoms with Crippen molar-refractivity contribution in [3.8, 4) is 11.5 Å². The number of ether oxygens (including phenoxy) is 2. The first kappa shape index (κ1) is 18.3. The van der Waals surface area contributed by atoms with Gasteiger partial charge < -0.3 is 19.9 Å². The molecule has 0 radical (unpaired) electrons. The normalized spacial score (nSPS) is 12.0. The van der Waals surface area contributed by atoms with E-state index in [0.717, 1.165) is 22.2 Å². The minimum absolute atomic E-state index is 0.0390. The van der Waals surface area contributed by atoms with Crippen LogP contribution in [0.15, 0.2) is 48.7 Å². The van der Waals surface area contributed by atoms with Crippen molar-refractivity contribution in [2.75, 3.05) is 25.6 Å². The van der Waals surface area contributed by atoms with Gasteiger partial charge in [0.05, 0.1) is 19.2 Å². The van der Waals surface area contributed by atoms with Crippen LogP contribution in [0, 0.1) is 0 Å². The number of nitrogens with one attached hydrogen (secondary N) is 1. The number of fused-ring (bicyclic) bond motifs is 1. The Morgan fingerprint density at radius 2 is 2.00 bits per heavy atom. The van der Waals surface area contributed by atoms with E-state index in [0.29, 0.717) is 16.5 Å². The third kappa shape index (κ3) is 4.00. The number of benzene rings is 2. The molecule has 5 nitrogen and oxygen atoms in total. The molecule has 136 valence electrons. The first-order chi connectivity index (χ1) is 12.6. The largest absolute Gasteiger partial charge is 0.493 e. The fraction of sp³-hybridized carbons (Fsp3) is 0.250. The number of nitrogens with zero attached hydrogens (tertiary/aromatic N) is 1. The standard InChI is InChI=1S/C20H21ClN2O3/c1-13(14-3-6-19(26-10-9-24)20(11-14)25-2)23-17-7-8-22-18-12-15(21)4-5-16(17)18/h3-8,11-13,24H,9-10H2,1-2H3,(H,22,23). The molecule has 0 saturated carbocycles. The van der Waals surface area contributed by atoms with Crippen LogP contribution in [0.5, 0.6) is 11.5 Å². The Labute approximate surface area is 157 Å². The maximum absolute atomic E-state index is 8.91. The van der Waals surface area contributed by atoms with E-state index in [4.69, 9.17) is 26.2 Å². The van der Waals surface area contributed by atoms with E-state index in [1.54, 1.807) is 13.3 Å². The number of rotatable bonds is 7. The van der Waals surface area contributed by atoms with Crippen molar-refractivity contribution in [3.05, 3.63) is 59.2 Å². The number of aliphatic hydroxyl groups is 1. The fourth-order valence-corrected chi connectivity index (χ4v) is 2.96. The van der Waals surface area contributed by atoms with Crippen LogP contribution < -0.4 is 14.8 Å². The Balaban J connectivity index is 1.85. The van der Waals surface area contributed by atoms with Crippen molar-refractivity contribution in [1.29, 1.82) is 0 Å². The number of aromatic nitrogens is 1. The van der Waals surface area contributed by atoms with Gasteiger partial charge >= 0.3 is 0 Å². The molecule has 2 N–H and O–H groups in total. The third-order valence-corrected chi connectivity index (χ3v) is 4.35. The summed E-state index contributed by atoms with van der Waals surface area (Å²) in [4.78, 5) is 4.37. The van der Waals surface area contributed by atoms with Gasteiger partial charge in [0.25, 0.3) is 0 Å². The molecular weight excluding hydrogens is 352 g/mol. The topological polar surface area (TPSA) is 63.6 Å². The number of hydrogen-bond donors (Lipinski definition) is 2. The highest BCUT2D eigenvalue weighted by molar-refractivity contribution is 6.31. The van der Waals surface area contributed by atoms with Crippen LogP contribution in [-0.2, 0) is 0 Å². The number of halogens is 1. The number of aliphatic hydroxyl groups excluding tert-OH is 1. The molecule has 1 unspecified atom stereocenters. The molecule has 26 heavy (non-hydrogen) atoms. The van der Waals surface area contributed by atoms with E-state index in [2.05, 4.69) is 17.2 Å². The molecule has 0 aliphatic rings. The van der Waals surface area contributed by atoms with Gasteiger partial charge in [-0.15, -0.1) is 0 Å². The van der Waals surface area contributed by atoms with Gasteiger partial charge in [0, 0.05) is 28.3 Å². The molecule has 1 heterocycles. The van der Waals surface area contributed by atoms with Gasteiger partial charge in [0.15, 0.2) is 11.5 Å². The summed E-state index contributed by atoms with van der Waals surface area (Å²) >= 11 is 6.06. The average Bonchev–Trinajstić information content (AvgIpc) is 2.66. The average molecular weight is 373 g/mol. The number of hydrogen-bond acceptors (Lipinski definition) is 5. The van der Waals surface area contributed by atoms with Crippen molar-refractivity contribution in [2.45, 2.75) is 13.0 Å². The first-order valence-corrected chi connectivity index (χ1v) is 8.72. The van der Waals surface area contributed by atoms with Gasteiger partial charge in [-0.05, 0) is 48.9 Å². The lowest BCUT2D eigenvalue weighted by molar-refractivity contribution is 0.196. The highest BCUT2D eigenvalue weighted by Gasteiger charge is 2.12. The molecule has 0 aliphatic heterocycles. The Hall–Kier alpha value is -2.50. The summed E-state index contributed by atoms with van der Waals surface area (Å²) in [6, 6.07) is 13.4. The van der Waals surface area contributed by atoms with E-state index in [1.165, 1.54) is 0 Å². The van der Waals surface area contributed by atoms with Crippen LogP contribution in [-0.4, -0.2) is 30.4 Å². The molecule has 0 spiro atoms. The Morgan fingerprint density at radius 3 is 2.77 bits per heavy atom. The molecule has 1 atom stereocenters. The summed E-state index contributed by atoms with van der Waals surface area (Å²) in [6.07, 6.45) is 1.76. The maximum Gasteiger partial charge on any atom is 0.161 e. The number of methoxy groups -OCH3 is 1. The summed E-state index contributed by atoms with van der Waals surface area (Å²) in [5.74, 6) is 1.25. The molecule has 3 rings (SSSR count). The number of pyridine rings is 1. The molecule has 2 aromatic carbocycles. The molecule has 0 fully saturated rings. The predicted molar refractivity (Wildman–Crippen MR) is 104 cm³/mol. The SMILES string of the molecule is COc1cc(C(C)Nc2ccnc3cc(Cl)ccc23)ccc1OCCO. The Bertz CT molecular complexity index is 901. The fourth-order valence-electron chi connectivity index (χ4n) is 2.79. The predicted octanol–water partition coefficient (Wildman–Crippen LogP) is 4.44. The summed E-state index contributed by atoms with van der Waals surface area (Å²) in [5, 5.41) is 14.1. The van der Waals surface area contributed by atoms with Crippen LogP contribution in [0.25, 0.3) is 10.9 Å². The van der Waals surface area contributed by atoms with Crippen molar-refractivity contribution in [3.63, 3.8) is 0 Å². The molecular formula is C20H21ClN2O3. The third-order valence-electron chi connectivity index (χ3n) is 4.11. The second-order valence-electron chi connectivity index (χ2n) is 5.87. The molecule has 0 amide bonds. The van der Waals surface area contributed by atoms with Gasteiger partial charge in [-0.25, -0.2) is 0 Å². The highest BCUT2D eigenvalue weighted by Crippen LogP contribution is 2.32. The van der Waals surface area contributed by atoms with Crippen molar-refractivity contribution in [2.24, 2.45) is 0 Å². The lowest BCUT2D eigenvalue weighted by Crippen LogP contribution is -2.08. The van der Waals surface area contributed by atoms with Crippen LogP contribution >= 0.6 is 11.6 Å². The van der Waals surface area contributed by atoms with Crippen molar-refractivity contribution in [1.82, 2.24) is 4.98 Å². The van der Waals surface area contributed by atoms with Crippen LogP contribution in [0.4, 0.5) is 5.69 Å². The van der Waals surface area contributed by atoms with Gasteiger partial charge in [-0.1, -0.05) is 17.7 Å². The summed E-state index contributed by atoms with van der Waals surface area (Å²) in [7, 11) is 1.60.